The molecule has 0 saturated carbocycles. The Labute approximate surface area is 116 Å². The fourth-order valence-electron chi connectivity index (χ4n) is 2.63. The van der Waals surface area contributed by atoms with Crippen LogP contribution in [0.2, 0.25) is 0 Å². The molecule has 0 amide bonds. The van der Waals surface area contributed by atoms with Crippen LogP contribution in [-0.2, 0) is 6.42 Å². The Morgan fingerprint density at radius 3 is 2.50 bits per heavy atom. The summed E-state index contributed by atoms with van der Waals surface area (Å²) >= 11 is 0. The molecule has 1 heterocycles. The quantitative estimate of drug-likeness (QED) is 0.692. The monoisotopic (exact) mass is 266 g/mol. The van der Waals surface area contributed by atoms with Gasteiger partial charge in [-0.25, -0.2) is 0 Å². The zero-order chi connectivity index (χ0) is 14.1. The van der Waals surface area contributed by atoms with Crippen LogP contribution in [0.1, 0.15) is 28.3 Å². The number of nitriles is 1. The molecule has 4 heteroatoms. The molecule has 1 unspecified atom stereocenters. The fourth-order valence-corrected chi connectivity index (χ4v) is 2.63. The van der Waals surface area contributed by atoms with Gasteiger partial charge in [0, 0.05) is 6.54 Å². The highest BCUT2D eigenvalue weighted by atomic mass is 16.3. The molecule has 2 aromatic carbocycles. The fraction of sp³-hybridized carbons (Fsp3) is 0.188. The van der Waals surface area contributed by atoms with E-state index in [2.05, 4.69) is 11.4 Å². The third-order valence-electron chi connectivity index (χ3n) is 3.66. The summed E-state index contributed by atoms with van der Waals surface area (Å²) in [5, 5.41) is 31.5. The molecule has 3 N–H and O–H groups in total. The lowest BCUT2D eigenvalue weighted by Gasteiger charge is -2.27. The van der Waals surface area contributed by atoms with Gasteiger partial charge in [0.05, 0.1) is 17.7 Å². The Morgan fingerprint density at radius 1 is 1.10 bits per heavy atom. The highest BCUT2D eigenvalue weighted by Gasteiger charge is 2.23. The Balaban J connectivity index is 2.04. The van der Waals surface area contributed by atoms with E-state index < -0.39 is 0 Å². The molecule has 0 spiro atoms. The van der Waals surface area contributed by atoms with E-state index in [0.29, 0.717) is 5.56 Å². The molecule has 100 valence electrons. The lowest BCUT2D eigenvalue weighted by molar-refractivity contribution is 0.400. The topological polar surface area (TPSA) is 76.3 Å². The zero-order valence-electron chi connectivity index (χ0n) is 10.8. The van der Waals surface area contributed by atoms with Crippen molar-refractivity contribution in [3.8, 4) is 17.6 Å². The number of benzene rings is 2. The number of fused-ring (bicyclic) bond motifs is 1. The molecule has 0 aromatic heterocycles. The van der Waals surface area contributed by atoms with Crippen molar-refractivity contribution in [1.29, 1.82) is 5.26 Å². The molecule has 1 aliphatic heterocycles. The lowest BCUT2D eigenvalue weighted by Crippen LogP contribution is -2.30. The summed E-state index contributed by atoms with van der Waals surface area (Å²) in [5.74, 6) is -0.185. The Morgan fingerprint density at radius 2 is 1.80 bits per heavy atom. The predicted molar refractivity (Wildman–Crippen MR) is 74.5 cm³/mol. The number of aromatic hydroxyl groups is 2. The van der Waals surface area contributed by atoms with Crippen molar-refractivity contribution < 1.29 is 10.2 Å². The molecule has 2 aromatic rings. The van der Waals surface area contributed by atoms with Crippen molar-refractivity contribution >= 4 is 0 Å². The normalized spacial score (nSPS) is 17.2. The Kier molecular flexibility index (Phi) is 3.05. The van der Waals surface area contributed by atoms with E-state index in [1.165, 1.54) is 0 Å². The average Bonchev–Trinajstić information content (AvgIpc) is 2.48. The van der Waals surface area contributed by atoms with Gasteiger partial charge in [0.1, 0.15) is 0 Å². The summed E-state index contributed by atoms with van der Waals surface area (Å²) in [4.78, 5) is 0. The molecule has 3 rings (SSSR count). The predicted octanol–water partition coefficient (Wildman–Crippen LogP) is 2.20. The summed E-state index contributed by atoms with van der Waals surface area (Å²) in [7, 11) is 0. The first-order chi connectivity index (χ1) is 9.69. The van der Waals surface area contributed by atoms with Crippen LogP contribution < -0.4 is 5.32 Å². The Bertz CT molecular complexity index is 687. The third-order valence-corrected chi connectivity index (χ3v) is 3.66. The van der Waals surface area contributed by atoms with E-state index in [4.69, 9.17) is 5.26 Å². The van der Waals surface area contributed by atoms with E-state index >= 15 is 0 Å². The molecule has 1 aliphatic rings. The molecule has 0 radical (unpaired) electrons. The van der Waals surface area contributed by atoms with Gasteiger partial charge in [0.25, 0.3) is 0 Å². The van der Waals surface area contributed by atoms with Crippen molar-refractivity contribution in [2.75, 3.05) is 6.54 Å². The van der Waals surface area contributed by atoms with Crippen molar-refractivity contribution in [3.05, 3.63) is 58.7 Å². The second kappa shape index (κ2) is 4.87. The van der Waals surface area contributed by atoms with Crippen molar-refractivity contribution in [3.63, 3.8) is 0 Å². The maximum absolute atomic E-state index is 9.70. The lowest BCUT2D eigenvalue weighted by atomic mass is 9.89. The average molecular weight is 266 g/mol. The second-order valence-corrected chi connectivity index (χ2v) is 4.91. The van der Waals surface area contributed by atoms with Crippen molar-refractivity contribution in [2.45, 2.75) is 12.5 Å². The number of nitrogens with zero attached hydrogens (tertiary/aromatic N) is 1. The minimum Gasteiger partial charge on any atom is -0.504 e. The summed E-state index contributed by atoms with van der Waals surface area (Å²) in [6.07, 6.45) is 0.815. The molecule has 0 fully saturated rings. The van der Waals surface area contributed by atoms with E-state index in [9.17, 15) is 10.2 Å². The molecular formula is C16H14N2O2. The minimum absolute atomic E-state index is 0.0296. The van der Waals surface area contributed by atoms with Crippen LogP contribution >= 0.6 is 0 Å². The van der Waals surface area contributed by atoms with Gasteiger partial charge in [0.15, 0.2) is 11.5 Å². The SMILES string of the molecule is N#Cc1ccc(C2NCCc3cc(O)c(O)cc32)cc1. The molecule has 4 nitrogen and oxygen atoms in total. The molecule has 20 heavy (non-hydrogen) atoms. The maximum Gasteiger partial charge on any atom is 0.157 e. The van der Waals surface area contributed by atoms with Crippen LogP contribution in [0.3, 0.4) is 0 Å². The summed E-state index contributed by atoms with van der Waals surface area (Å²) in [6.45, 7) is 0.807. The van der Waals surface area contributed by atoms with Crippen LogP contribution in [-0.4, -0.2) is 16.8 Å². The van der Waals surface area contributed by atoms with E-state index in [0.717, 1.165) is 29.7 Å². The van der Waals surface area contributed by atoms with Crippen LogP contribution in [0.5, 0.6) is 11.5 Å². The van der Waals surface area contributed by atoms with E-state index in [-0.39, 0.29) is 17.5 Å². The van der Waals surface area contributed by atoms with Crippen molar-refractivity contribution in [1.82, 2.24) is 5.32 Å². The minimum atomic E-state index is -0.105. The van der Waals surface area contributed by atoms with Gasteiger partial charge in [-0.3, -0.25) is 0 Å². The largest absolute Gasteiger partial charge is 0.504 e. The van der Waals surface area contributed by atoms with E-state index in [1.807, 2.05) is 12.1 Å². The number of hydrogen-bond acceptors (Lipinski definition) is 4. The van der Waals surface area contributed by atoms with Gasteiger partial charge in [-0.15, -0.1) is 0 Å². The number of hydrogen-bond donors (Lipinski definition) is 3. The van der Waals surface area contributed by atoms with E-state index in [1.54, 1.807) is 24.3 Å². The van der Waals surface area contributed by atoms with Gasteiger partial charge in [-0.05, 0) is 47.4 Å². The van der Waals surface area contributed by atoms with Gasteiger partial charge in [0.2, 0.25) is 0 Å². The standard InChI is InChI=1S/C16H14N2O2/c17-9-10-1-3-11(4-2-10)16-13-8-15(20)14(19)7-12(13)5-6-18-16/h1-4,7-8,16,18-20H,5-6H2. The Hall–Kier alpha value is -2.51. The number of rotatable bonds is 1. The summed E-state index contributed by atoms with van der Waals surface area (Å²) in [5.41, 5.74) is 3.66. The zero-order valence-corrected chi connectivity index (χ0v) is 10.8. The van der Waals surface area contributed by atoms with Gasteiger partial charge in [-0.1, -0.05) is 12.1 Å². The highest BCUT2D eigenvalue weighted by Crippen LogP contribution is 2.36. The van der Waals surface area contributed by atoms with Gasteiger partial charge < -0.3 is 15.5 Å². The van der Waals surface area contributed by atoms with Crippen molar-refractivity contribution in [2.24, 2.45) is 0 Å². The van der Waals surface area contributed by atoms with Gasteiger partial charge >= 0.3 is 0 Å². The first kappa shape index (κ1) is 12.5. The number of nitrogens with one attached hydrogen (secondary N) is 1. The summed E-state index contributed by atoms with van der Waals surface area (Å²) < 4.78 is 0. The number of phenols is 2. The molecule has 0 saturated heterocycles. The molecule has 0 bridgehead atoms. The number of phenolic OH excluding ortho intramolecular Hbond substituents is 2. The maximum atomic E-state index is 9.70. The van der Waals surface area contributed by atoms with Crippen LogP contribution in [0.4, 0.5) is 0 Å². The first-order valence-corrected chi connectivity index (χ1v) is 6.47. The second-order valence-electron chi connectivity index (χ2n) is 4.91. The van der Waals surface area contributed by atoms with Crippen LogP contribution in [0.25, 0.3) is 0 Å². The molecular weight excluding hydrogens is 252 g/mol. The first-order valence-electron chi connectivity index (χ1n) is 6.47. The third kappa shape index (κ3) is 2.09. The van der Waals surface area contributed by atoms with Gasteiger partial charge in [-0.2, -0.15) is 5.26 Å². The molecule has 0 aliphatic carbocycles. The highest BCUT2D eigenvalue weighted by molar-refractivity contribution is 5.50. The molecule has 1 atom stereocenters. The van der Waals surface area contributed by atoms with Crippen LogP contribution in [0.15, 0.2) is 36.4 Å². The smallest absolute Gasteiger partial charge is 0.157 e. The van der Waals surface area contributed by atoms with Crippen LogP contribution in [0, 0.1) is 11.3 Å². The summed E-state index contributed by atoms with van der Waals surface area (Å²) in [6, 6.07) is 12.7.